The molecule has 7 nitrogen and oxygen atoms in total. The predicted octanol–water partition coefficient (Wildman–Crippen LogP) is 4.55. The molecule has 0 bridgehead atoms. The molecule has 8 heteroatoms. The maximum Gasteiger partial charge on any atom is 0.337 e. The van der Waals surface area contributed by atoms with Crippen LogP contribution in [0.5, 0.6) is 5.75 Å². The highest BCUT2D eigenvalue weighted by Gasteiger charge is 2.46. The van der Waals surface area contributed by atoms with Crippen LogP contribution in [0.3, 0.4) is 0 Å². The Hall–Kier alpha value is -4.46. The van der Waals surface area contributed by atoms with Gasteiger partial charge in [-0.15, -0.1) is 0 Å². The zero-order chi connectivity index (χ0) is 26.0. The first-order valence-electron chi connectivity index (χ1n) is 11.1. The number of aliphatic hydroxyl groups excluding tert-OH is 1. The number of ether oxygens (including phenoxy) is 2. The molecule has 0 aromatic heterocycles. The van der Waals surface area contributed by atoms with Crippen LogP contribution < -0.4 is 4.74 Å². The molecule has 0 radical (unpaired) electrons. The molecular formula is C28H24FNO6. The lowest BCUT2D eigenvalue weighted by atomic mass is 9.94. The predicted molar refractivity (Wildman–Crippen MR) is 130 cm³/mol. The fraction of sp³-hybridized carbons (Fsp3) is 0.179. The van der Waals surface area contributed by atoms with Gasteiger partial charge in [0.1, 0.15) is 17.3 Å². The van der Waals surface area contributed by atoms with E-state index in [4.69, 9.17) is 9.47 Å². The molecular weight excluding hydrogens is 465 g/mol. The topological polar surface area (TPSA) is 93.1 Å². The van der Waals surface area contributed by atoms with Crippen molar-refractivity contribution >= 4 is 23.4 Å². The van der Waals surface area contributed by atoms with Crippen LogP contribution in [0.4, 0.5) is 4.39 Å². The highest BCUT2D eigenvalue weighted by Crippen LogP contribution is 2.40. The van der Waals surface area contributed by atoms with E-state index in [9.17, 15) is 23.9 Å². The summed E-state index contributed by atoms with van der Waals surface area (Å²) in [7, 11) is 2.81. The molecule has 1 amide bonds. The zero-order valence-corrected chi connectivity index (χ0v) is 19.9. The number of benzene rings is 3. The molecule has 4 rings (SSSR count). The third-order valence-electron chi connectivity index (χ3n) is 6.13. The summed E-state index contributed by atoms with van der Waals surface area (Å²) in [6.07, 6.45) is 0. The van der Waals surface area contributed by atoms with Gasteiger partial charge in [0, 0.05) is 12.1 Å². The van der Waals surface area contributed by atoms with E-state index >= 15 is 0 Å². The summed E-state index contributed by atoms with van der Waals surface area (Å²) < 4.78 is 23.8. The van der Waals surface area contributed by atoms with Crippen LogP contribution in [-0.2, 0) is 20.9 Å². The number of Topliss-reactive ketones (excluding diaryl/α,β-unsaturated/α-hetero) is 1. The normalized spacial score (nSPS) is 16.8. The molecule has 36 heavy (non-hydrogen) atoms. The number of hydrogen-bond acceptors (Lipinski definition) is 6. The summed E-state index contributed by atoms with van der Waals surface area (Å²) in [5.74, 6) is -2.37. The molecule has 1 unspecified atom stereocenters. The van der Waals surface area contributed by atoms with Gasteiger partial charge in [0.05, 0.1) is 31.4 Å². The first-order valence-corrected chi connectivity index (χ1v) is 11.1. The molecule has 3 aromatic carbocycles. The second-order valence-electron chi connectivity index (χ2n) is 8.35. The molecule has 3 aromatic rings. The number of rotatable bonds is 6. The van der Waals surface area contributed by atoms with Crippen LogP contribution in [0.1, 0.15) is 38.7 Å². The maximum absolute atomic E-state index is 13.8. The van der Waals surface area contributed by atoms with Crippen molar-refractivity contribution < 1.29 is 33.4 Å². The summed E-state index contributed by atoms with van der Waals surface area (Å²) in [4.78, 5) is 39.5. The summed E-state index contributed by atoms with van der Waals surface area (Å²) >= 11 is 0. The fourth-order valence-electron chi connectivity index (χ4n) is 4.18. The number of likely N-dealkylation sites (tertiary alicyclic amines) is 1. The van der Waals surface area contributed by atoms with Gasteiger partial charge in [-0.2, -0.15) is 0 Å². The van der Waals surface area contributed by atoms with Crippen LogP contribution >= 0.6 is 0 Å². The average molecular weight is 489 g/mol. The van der Waals surface area contributed by atoms with Gasteiger partial charge in [0.25, 0.3) is 11.7 Å². The standard InChI is InChI=1S/C28H24FNO6/c1-16-14-20(10-13-22(16)29)25(31)23-24(18-8-11-21(35-2)12-9-18)30(27(33)26(23)32)15-17-4-6-19(7-5-17)28(34)36-3/h4-14,24,31H,15H2,1-3H3/b25-23-. The lowest BCUT2D eigenvalue weighted by Crippen LogP contribution is -2.29. The molecule has 1 heterocycles. The molecule has 184 valence electrons. The second-order valence-corrected chi connectivity index (χ2v) is 8.35. The monoisotopic (exact) mass is 489 g/mol. The first-order chi connectivity index (χ1) is 17.2. The summed E-state index contributed by atoms with van der Waals surface area (Å²) in [5, 5.41) is 11.1. The minimum absolute atomic E-state index is 0.0436. The molecule has 1 aliphatic heterocycles. The SMILES string of the molecule is COC(=O)c1ccc(CN2C(=O)C(=O)/C(=C(\O)c3ccc(F)c(C)c3)C2c2ccc(OC)cc2)cc1. The Kier molecular flexibility index (Phi) is 6.87. The number of nitrogens with zero attached hydrogens (tertiary/aromatic N) is 1. The van der Waals surface area contributed by atoms with Crippen molar-refractivity contribution in [3.63, 3.8) is 0 Å². The van der Waals surface area contributed by atoms with Gasteiger partial charge < -0.3 is 19.5 Å². The molecule has 0 spiro atoms. The number of aliphatic hydroxyl groups is 1. The first kappa shape index (κ1) is 24.7. The van der Waals surface area contributed by atoms with Gasteiger partial charge in [-0.1, -0.05) is 24.3 Å². The fourth-order valence-corrected chi connectivity index (χ4v) is 4.18. The number of carbonyl (C=O) groups excluding carboxylic acids is 3. The number of carbonyl (C=O) groups is 3. The van der Waals surface area contributed by atoms with Crippen LogP contribution in [0.25, 0.3) is 5.76 Å². The Morgan fingerprint density at radius 2 is 1.61 bits per heavy atom. The van der Waals surface area contributed by atoms with E-state index < -0.39 is 29.5 Å². The Morgan fingerprint density at radius 3 is 2.19 bits per heavy atom. The van der Waals surface area contributed by atoms with Crippen molar-refractivity contribution in [2.24, 2.45) is 0 Å². The van der Waals surface area contributed by atoms with Crippen molar-refractivity contribution in [1.82, 2.24) is 4.90 Å². The Morgan fingerprint density at radius 1 is 0.972 bits per heavy atom. The molecule has 0 saturated carbocycles. The van der Waals surface area contributed by atoms with E-state index in [1.165, 1.54) is 37.3 Å². The lowest BCUT2D eigenvalue weighted by molar-refractivity contribution is -0.140. The number of halogens is 1. The van der Waals surface area contributed by atoms with Crippen LogP contribution in [-0.4, -0.2) is 41.9 Å². The molecule has 1 saturated heterocycles. The number of hydrogen-bond donors (Lipinski definition) is 1. The smallest absolute Gasteiger partial charge is 0.337 e. The van der Waals surface area contributed by atoms with E-state index in [1.807, 2.05) is 0 Å². The highest BCUT2D eigenvalue weighted by molar-refractivity contribution is 6.46. The largest absolute Gasteiger partial charge is 0.507 e. The van der Waals surface area contributed by atoms with E-state index in [0.29, 0.717) is 28.0 Å². The van der Waals surface area contributed by atoms with Gasteiger partial charge in [0.2, 0.25) is 0 Å². The van der Waals surface area contributed by atoms with Crippen molar-refractivity contribution in [2.75, 3.05) is 14.2 Å². The van der Waals surface area contributed by atoms with Crippen LogP contribution in [0.2, 0.25) is 0 Å². The quantitative estimate of drug-likeness (QED) is 0.236. The Labute approximate surface area is 207 Å². The molecule has 0 aliphatic carbocycles. The minimum Gasteiger partial charge on any atom is -0.507 e. The third kappa shape index (κ3) is 4.57. The van der Waals surface area contributed by atoms with Crippen molar-refractivity contribution in [1.29, 1.82) is 0 Å². The number of methoxy groups -OCH3 is 2. The Bertz CT molecular complexity index is 1360. The zero-order valence-electron chi connectivity index (χ0n) is 19.9. The van der Waals surface area contributed by atoms with Crippen molar-refractivity contribution in [3.05, 3.63) is 106 Å². The van der Waals surface area contributed by atoms with Gasteiger partial charge in [-0.05, 0) is 66.1 Å². The average Bonchev–Trinajstić information content (AvgIpc) is 3.14. The van der Waals surface area contributed by atoms with Crippen LogP contribution in [0.15, 0.2) is 72.3 Å². The van der Waals surface area contributed by atoms with E-state index in [2.05, 4.69) is 0 Å². The van der Waals surface area contributed by atoms with Gasteiger partial charge in [0.15, 0.2) is 0 Å². The second kappa shape index (κ2) is 10.0. The van der Waals surface area contributed by atoms with Gasteiger partial charge >= 0.3 is 5.97 Å². The summed E-state index contributed by atoms with van der Waals surface area (Å²) in [6, 6.07) is 16.4. The molecule has 1 N–H and O–H groups in total. The summed E-state index contributed by atoms with van der Waals surface area (Å²) in [5.41, 5.74) is 2.03. The van der Waals surface area contributed by atoms with E-state index in [0.717, 1.165) is 0 Å². The Balaban J connectivity index is 1.80. The molecule has 1 fully saturated rings. The van der Waals surface area contributed by atoms with Crippen molar-refractivity contribution in [2.45, 2.75) is 19.5 Å². The van der Waals surface area contributed by atoms with E-state index in [1.54, 1.807) is 55.5 Å². The van der Waals surface area contributed by atoms with Gasteiger partial charge in [-0.3, -0.25) is 9.59 Å². The number of esters is 1. The van der Waals surface area contributed by atoms with Crippen LogP contribution in [0, 0.1) is 12.7 Å². The highest BCUT2D eigenvalue weighted by atomic mass is 19.1. The maximum atomic E-state index is 13.8. The summed E-state index contributed by atoms with van der Waals surface area (Å²) in [6.45, 7) is 1.59. The van der Waals surface area contributed by atoms with Gasteiger partial charge in [-0.25, -0.2) is 9.18 Å². The van der Waals surface area contributed by atoms with E-state index in [-0.39, 0.29) is 23.4 Å². The van der Waals surface area contributed by atoms with Crippen molar-refractivity contribution in [3.8, 4) is 5.75 Å². The number of ketones is 1. The third-order valence-corrected chi connectivity index (χ3v) is 6.13. The molecule has 1 atom stereocenters. The molecule has 1 aliphatic rings. The minimum atomic E-state index is -0.901. The number of aryl methyl sites for hydroxylation is 1. The lowest BCUT2D eigenvalue weighted by Gasteiger charge is -2.25. The number of amides is 1.